The maximum absolute atomic E-state index is 12.3. The van der Waals surface area contributed by atoms with Crippen molar-refractivity contribution in [3.63, 3.8) is 0 Å². The molecule has 0 aromatic carbocycles. The number of rotatable bonds is 6. The van der Waals surface area contributed by atoms with E-state index in [9.17, 15) is 18.0 Å². The van der Waals surface area contributed by atoms with Crippen molar-refractivity contribution in [1.29, 1.82) is 0 Å². The number of alkyl halides is 3. The van der Waals surface area contributed by atoms with Crippen LogP contribution < -0.4 is 0 Å². The second-order valence-electron chi connectivity index (χ2n) is 5.19. The van der Waals surface area contributed by atoms with Crippen LogP contribution in [0.3, 0.4) is 0 Å². The van der Waals surface area contributed by atoms with Gasteiger partial charge in [-0.3, -0.25) is 4.79 Å². The number of hydrogen-bond acceptors (Lipinski definition) is 2. The van der Waals surface area contributed by atoms with Crippen molar-refractivity contribution >= 4 is 5.91 Å². The normalized spacial score (nSPS) is 12.6. The molecule has 0 aromatic rings. The molecular formula is C12H22F3NO2. The van der Waals surface area contributed by atoms with Gasteiger partial charge in [-0.05, 0) is 27.2 Å². The monoisotopic (exact) mass is 269 g/mol. The molecule has 0 N–H and O–H groups in total. The molecule has 0 radical (unpaired) electrons. The van der Waals surface area contributed by atoms with E-state index in [1.54, 1.807) is 20.8 Å². The molecule has 0 fully saturated rings. The third-order valence-electron chi connectivity index (χ3n) is 2.13. The van der Waals surface area contributed by atoms with Gasteiger partial charge in [-0.1, -0.05) is 13.3 Å². The Balaban J connectivity index is 4.40. The van der Waals surface area contributed by atoms with Crippen LogP contribution in [0.15, 0.2) is 0 Å². The van der Waals surface area contributed by atoms with E-state index < -0.39 is 24.2 Å². The van der Waals surface area contributed by atoms with E-state index in [0.717, 1.165) is 11.3 Å². The van der Waals surface area contributed by atoms with Crippen LogP contribution >= 0.6 is 0 Å². The SMILES string of the molecule is CCCCN(CC(F)(F)F)C(=O)COC(C)(C)C. The van der Waals surface area contributed by atoms with Gasteiger partial charge in [0.05, 0.1) is 5.60 Å². The predicted octanol–water partition coefficient (Wildman–Crippen LogP) is 2.99. The highest BCUT2D eigenvalue weighted by Crippen LogP contribution is 2.17. The molecule has 18 heavy (non-hydrogen) atoms. The summed E-state index contributed by atoms with van der Waals surface area (Å²) in [7, 11) is 0. The molecule has 0 bridgehead atoms. The fourth-order valence-electron chi connectivity index (χ4n) is 1.23. The molecule has 0 spiro atoms. The molecule has 0 aliphatic carbocycles. The van der Waals surface area contributed by atoms with Crippen LogP contribution in [0.5, 0.6) is 0 Å². The second-order valence-corrected chi connectivity index (χ2v) is 5.19. The van der Waals surface area contributed by atoms with Crippen LogP contribution in [0.1, 0.15) is 40.5 Å². The van der Waals surface area contributed by atoms with Crippen LogP contribution in [0.4, 0.5) is 13.2 Å². The van der Waals surface area contributed by atoms with Gasteiger partial charge >= 0.3 is 6.18 Å². The average molecular weight is 269 g/mol. The Hall–Kier alpha value is -0.780. The summed E-state index contributed by atoms with van der Waals surface area (Å²) in [6.07, 6.45) is -3.08. The highest BCUT2D eigenvalue weighted by atomic mass is 19.4. The first-order valence-electron chi connectivity index (χ1n) is 6.03. The highest BCUT2D eigenvalue weighted by Gasteiger charge is 2.33. The molecule has 0 saturated heterocycles. The van der Waals surface area contributed by atoms with E-state index >= 15 is 0 Å². The van der Waals surface area contributed by atoms with E-state index in [1.807, 2.05) is 6.92 Å². The fraction of sp³-hybridized carbons (Fsp3) is 0.917. The molecule has 0 saturated carbocycles. The van der Waals surface area contributed by atoms with Gasteiger partial charge in [0.1, 0.15) is 13.2 Å². The number of unbranched alkanes of at least 4 members (excludes halogenated alkanes) is 1. The minimum atomic E-state index is -4.37. The van der Waals surface area contributed by atoms with Crippen molar-refractivity contribution in [2.24, 2.45) is 0 Å². The number of ether oxygens (including phenoxy) is 1. The Labute approximate surface area is 106 Å². The first-order chi connectivity index (χ1) is 8.05. The van der Waals surface area contributed by atoms with Crippen LogP contribution in [0, 0.1) is 0 Å². The van der Waals surface area contributed by atoms with Gasteiger partial charge in [-0.15, -0.1) is 0 Å². The van der Waals surface area contributed by atoms with E-state index in [-0.39, 0.29) is 13.2 Å². The van der Waals surface area contributed by atoms with Gasteiger partial charge in [0, 0.05) is 6.54 Å². The summed E-state index contributed by atoms with van der Waals surface area (Å²) in [6.45, 7) is 5.70. The maximum Gasteiger partial charge on any atom is 0.406 e. The Kier molecular flexibility index (Phi) is 6.67. The molecule has 108 valence electrons. The zero-order chi connectivity index (χ0) is 14.4. The smallest absolute Gasteiger partial charge is 0.366 e. The van der Waals surface area contributed by atoms with Crippen LogP contribution in [0.25, 0.3) is 0 Å². The van der Waals surface area contributed by atoms with Crippen LogP contribution in [-0.4, -0.2) is 42.3 Å². The number of carbonyl (C=O) groups is 1. The lowest BCUT2D eigenvalue weighted by atomic mass is 10.2. The quantitative estimate of drug-likeness (QED) is 0.742. The largest absolute Gasteiger partial charge is 0.406 e. The Bertz CT molecular complexity index is 259. The molecule has 0 rings (SSSR count). The summed E-state index contributed by atoms with van der Waals surface area (Å²) >= 11 is 0. The first kappa shape index (κ1) is 17.2. The molecule has 3 nitrogen and oxygen atoms in total. The minimum absolute atomic E-state index is 0.113. The molecule has 0 atom stereocenters. The lowest BCUT2D eigenvalue weighted by Crippen LogP contribution is -2.42. The van der Waals surface area contributed by atoms with Crippen molar-refractivity contribution in [3.05, 3.63) is 0 Å². The van der Waals surface area contributed by atoms with Gasteiger partial charge in [0.2, 0.25) is 5.91 Å². The number of amides is 1. The summed E-state index contributed by atoms with van der Waals surface area (Å²) in [5, 5.41) is 0. The van der Waals surface area contributed by atoms with Gasteiger partial charge in [0.25, 0.3) is 0 Å². The van der Waals surface area contributed by atoms with E-state index in [0.29, 0.717) is 6.42 Å². The minimum Gasteiger partial charge on any atom is -0.366 e. The van der Waals surface area contributed by atoms with E-state index in [4.69, 9.17) is 4.74 Å². The van der Waals surface area contributed by atoms with Gasteiger partial charge in [-0.25, -0.2) is 0 Å². The van der Waals surface area contributed by atoms with Gasteiger partial charge in [0.15, 0.2) is 0 Å². The van der Waals surface area contributed by atoms with Crippen molar-refractivity contribution in [2.75, 3.05) is 19.7 Å². The highest BCUT2D eigenvalue weighted by molar-refractivity contribution is 5.77. The van der Waals surface area contributed by atoms with Gasteiger partial charge in [-0.2, -0.15) is 13.2 Å². The molecule has 0 heterocycles. The van der Waals surface area contributed by atoms with Crippen molar-refractivity contribution in [3.8, 4) is 0 Å². The fourth-order valence-corrected chi connectivity index (χ4v) is 1.23. The maximum atomic E-state index is 12.3. The zero-order valence-electron chi connectivity index (χ0n) is 11.4. The standard InChI is InChI=1S/C12H22F3NO2/c1-5-6-7-16(9-12(13,14)15)10(17)8-18-11(2,3)4/h5-9H2,1-4H3. The number of halogens is 3. The van der Waals surface area contributed by atoms with Crippen molar-refractivity contribution < 1.29 is 22.7 Å². The third-order valence-corrected chi connectivity index (χ3v) is 2.13. The first-order valence-corrected chi connectivity index (χ1v) is 6.03. The molecular weight excluding hydrogens is 247 g/mol. The van der Waals surface area contributed by atoms with E-state index in [2.05, 4.69) is 0 Å². The molecule has 1 amide bonds. The number of carbonyl (C=O) groups excluding carboxylic acids is 1. The lowest BCUT2D eigenvalue weighted by Gasteiger charge is -2.26. The molecule has 0 aliphatic rings. The number of nitrogens with zero attached hydrogens (tertiary/aromatic N) is 1. The van der Waals surface area contributed by atoms with Crippen LogP contribution in [-0.2, 0) is 9.53 Å². The summed E-state index contributed by atoms with van der Waals surface area (Å²) in [5.41, 5.74) is -0.537. The lowest BCUT2D eigenvalue weighted by molar-refractivity contribution is -0.166. The average Bonchev–Trinajstić information content (AvgIpc) is 2.18. The second kappa shape index (κ2) is 6.97. The van der Waals surface area contributed by atoms with Crippen LogP contribution in [0.2, 0.25) is 0 Å². The zero-order valence-corrected chi connectivity index (χ0v) is 11.4. The molecule has 0 aromatic heterocycles. The van der Waals surface area contributed by atoms with E-state index in [1.165, 1.54) is 0 Å². The summed E-state index contributed by atoms with van der Waals surface area (Å²) in [6, 6.07) is 0. The van der Waals surface area contributed by atoms with Crippen molar-refractivity contribution in [1.82, 2.24) is 4.90 Å². The Morgan fingerprint density at radius 2 is 1.78 bits per heavy atom. The summed E-state index contributed by atoms with van der Waals surface area (Å²) < 4.78 is 42.2. The van der Waals surface area contributed by atoms with Gasteiger partial charge < -0.3 is 9.64 Å². The summed E-state index contributed by atoms with van der Waals surface area (Å²) in [5.74, 6) is -0.615. The van der Waals surface area contributed by atoms with Crippen molar-refractivity contribution in [2.45, 2.75) is 52.3 Å². The molecule has 6 heteroatoms. The predicted molar refractivity (Wildman–Crippen MR) is 63.2 cm³/mol. The molecule has 0 unspecified atom stereocenters. The third kappa shape index (κ3) is 9.27. The Morgan fingerprint density at radius 1 is 1.22 bits per heavy atom. The number of hydrogen-bond donors (Lipinski definition) is 0. The Morgan fingerprint density at radius 3 is 2.17 bits per heavy atom. The summed E-state index contributed by atoms with van der Waals surface area (Å²) in [4.78, 5) is 12.5. The topological polar surface area (TPSA) is 29.5 Å². The molecule has 0 aliphatic heterocycles.